The quantitative estimate of drug-likeness (QED) is 0.197. The van der Waals surface area contributed by atoms with Crippen LogP contribution in [0.3, 0.4) is 0 Å². The van der Waals surface area contributed by atoms with E-state index in [0.29, 0.717) is 16.3 Å². The molecular weight excluding hydrogens is 571 g/mol. The molecule has 0 saturated heterocycles. The summed E-state index contributed by atoms with van der Waals surface area (Å²) in [7, 11) is -3.92. The van der Waals surface area contributed by atoms with Gasteiger partial charge in [0.15, 0.2) is 6.61 Å². The van der Waals surface area contributed by atoms with Crippen LogP contribution in [0, 0.1) is 6.92 Å². The Hall–Kier alpha value is -3.69. The molecule has 0 atom stereocenters. The Kier molecular flexibility index (Phi) is 9.60. The summed E-state index contributed by atoms with van der Waals surface area (Å²) in [6.45, 7) is 1.47. The first kappa shape index (κ1) is 29.3. The van der Waals surface area contributed by atoms with E-state index in [-0.39, 0.29) is 28.6 Å². The zero-order valence-corrected chi connectivity index (χ0v) is 23.8. The number of Topliss-reactive ketones (excluding diaryl/α,β-unsaturated/α-hetero) is 1. The summed E-state index contributed by atoms with van der Waals surface area (Å²) in [5, 5.41) is 3.06. The molecule has 0 aliphatic carbocycles. The van der Waals surface area contributed by atoms with Crippen LogP contribution >= 0.6 is 23.2 Å². The number of halogens is 2. The third kappa shape index (κ3) is 7.49. The molecule has 0 radical (unpaired) electrons. The van der Waals surface area contributed by atoms with Gasteiger partial charge in [0, 0.05) is 24.3 Å². The Bertz CT molecular complexity index is 1570. The van der Waals surface area contributed by atoms with Crippen molar-refractivity contribution in [1.82, 2.24) is 4.31 Å². The molecule has 0 saturated carbocycles. The van der Waals surface area contributed by atoms with Crippen LogP contribution < -0.4 is 5.32 Å². The van der Waals surface area contributed by atoms with E-state index in [4.69, 9.17) is 27.9 Å². The fourth-order valence-electron chi connectivity index (χ4n) is 4.00. The molecule has 206 valence electrons. The van der Waals surface area contributed by atoms with Gasteiger partial charge in [-0.15, -0.1) is 0 Å². The number of carbonyl (C=O) groups excluding carboxylic acids is 2. The molecule has 0 unspecified atom stereocenters. The maximum Gasteiger partial charge on any atom is 0.412 e. The zero-order chi connectivity index (χ0) is 28.7. The van der Waals surface area contributed by atoms with Crippen LogP contribution in [-0.2, 0) is 27.8 Å². The molecule has 0 bridgehead atoms. The number of ether oxygens (including phenoxy) is 1. The smallest absolute Gasteiger partial charge is 0.412 e. The second kappa shape index (κ2) is 13.1. The number of hydrogen-bond acceptors (Lipinski definition) is 5. The number of anilines is 1. The van der Waals surface area contributed by atoms with Gasteiger partial charge >= 0.3 is 6.09 Å². The minimum absolute atomic E-state index is 0.0618. The van der Waals surface area contributed by atoms with Gasteiger partial charge < -0.3 is 4.74 Å². The molecule has 1 N–H and O–H groups in total. The van der Waals surface area contributed by atoms with E-state index in [2.05, 4.69) is 5.32 Å². The van der Waals surface area contributed by atoms with E-state index in [9.17, 15) is 18.0 Å². The Morgan fingerprint density at radius 1 is 0.800 bits per heavy atom. The Labute approximate surface area is 243 Å². The molecule has 4 rings (SSSR count). The topological polar surface area (TPSA) is 92.8 Å². The van der Waals surface area contributed by atoms with Crippen LogP contribution in [-0.4, -0.2) is 31.2 Å². The molecule has 0 spiro atoms. The highest BCUT2D eigenvalue weighted by molar-refractivity contribution is 7.89. The molecule has 0 aliphatic rings. The zero-order valence-electron chi connectivity index (χ0n) is 21.5. The van der Waals surface area contributed by atoms with Crippen molar-refractivity contribution in [3.05, 3.63) is 129 Å². The second-order valence-corrected chi connectivity index (χ2v) is 11.7. The lowest BCUT2D eigenvalue weighted by Crippen LogP contribution is -2.30. The van der Waals surface area contributed by atoms with E-state index >= 15 is 0 Å². The summed E-state index contributed by atoms with van der Waals surface area (Å²) in [4.78, 5) is 25.0. The van der Waals surface area contributed by atoms with E-state index in [1.165, 1.54) is 34.6 Å². The van der Waals surface area contributed by atoms with Gasteiger partial charge in [0.05, 0.1) is 14.9 Å². The number of benzene rings is 4. The lowest BCUT2D eigenvalue weighted by molar-refractivity contribution is 0.0863. The first-order valence-corrected chi connectivity index (χ1v) is 14.4. The fraction of sp³-hybridized carbons (Fsp3) is 0.133. The van der Waals surface area contributed by atoms with E-state index in [0.717, 1.165) is 11.1 Å². The molecule has 4 aromatic carbocycles. The minimum atomic E-state index is -3.92. The lowest BCUT2D eigenvalue weighted by atomic mass is 10.1. The van der Waals surface area contributed by atoms with Gasteiger partial charge in [0.1, 0.15) is 0 Å². The Morgan fingerprint density at radius 2 is 1.40 bits per heavy atom. The minimum Gasteiger partial charge on any atom is -0.441 e. The molecule has 40 heavy (non-hydrogen) atoms. The number of hydrogen-bond donors (Lipinski definition) is 1. The van der Waals surface area contributed by atoms with Crippen LogP contribution in [0.2, 0.25) is 10.0 Å². The Balaban J connectivity index is 1.48. The number of amides is 1. The van der Waals surface area contributed by atoms with E-state index < -0.39 is 28.5 Å². The van der Waals surface area contributed by atoms with Gasteiger partial charge in [-0.05, 0) is 60.0 Å². The number of nitrogens with one attached hydrogen (secondary N) is 1. The fourth-order valence-corrected chi connectivity index (χ4v) is 5.80. The van der Waals surface area contributed by atoms with Crippen molar-refractivity contribution in [1.29, 1.82) is 0 Å². The largest absolute Gasteiger partial charge is 0.441 e. The molecule has 4 aromatic rings. The molecule has 7 nitrogen and oxygen atoms in total. The van der Waals surface area contributed by atoms with Crippen molar-refractivity contribution in [3.63, 3.8) is 0 Å². The normalized spacial score (nSPS) is 11.3. The summed E-state index contributed by atoms with van der Waals surface area (Å²) in [6.07, 6.45) is -0.846. The van der Waals surface area contributed by atoms with Gasteiger partial charge in [-0.1, -0.05) is 83.9 Å². The molecular formula is C30H26Cl2N2O5S. The molecule has 0 fully saturated rings. The average molecular weight is 598 g/mol. The van der Waals surface area contributed by atoms with Gasteiger partial charge in [0.25, 0.3) is 0 Å². The van der Waals surface area contributed by atoms with Crippen molar-refractivity contribution >= 4 is 50.8 Å². The van der Waals surface area contributed by atoms with Crippen molar-refractivity contribution in [2.45, 2.75) is 24.9 Å². The Morgan fingerprint density at radius 3 is 1.95 bits per heavy atom. The number of carbonyl (C=O) groups is 2. The summed E-state index contributed by atoms with van der Waals surface area (Å²) < 4.78 is 34.0. The highest BCUT2D eigenvalue weighted by Crippen LogP contribution is 2.26. The number of nitrogens with zero attached hydrogens (tertiary/aromatic N) is 1. The maximum absolute atomic E-state index is 13.8. The summed E-state index contributed by atoms with van der Waals surface area (Å²) in [5.74, 6) is -0.476. The van der Waals surface area contributed by atoms with Gasteiger partial charge in [-0.25, -0.2) is 13.2 Å². The van der Waals surface area contributed by atoms with Crippen LogP contribution in [0.1, 0.15) is 27.0 Å². The number of sulfonamides is 1. The van der Waals surface area contributed by atoms with E-state index in [1.807, 2.05) is 60.7 Å². The van der Waals surface area contributed by atoms with Crippen molar-refractivity contribution in [2.24, 2.45) is 0 Å². The first-order valence-electron chi connectivity index (χ1n) is 12.2. The highest BCUT2D eigenvalue weighted by Gasteiger charge is 2.26. The molecule has 1 amide bonds. The molecule has 0 heterocycles. The second-order valence-electron chi connectivity index (χ2n) is 8.97. The van der Waals surface area contributed by atoms with Crippen molar-refractivity contribution in [2.75, 3.05) is 11.9 Å². The number of rotatable bonds is 10. The van der Waals surface area contributed by atoms with Crippen LogP contribution in [0.25, 0.3) is 0 Å². The molecule has 10 heteroatoms. The van der Waals surface area contributed by atoms with Crippen LogP contribution in [0.5, 0.6) is 0 Å². The average Bonchev–Trinajstić information content (AvgIpc) is 2.94. The van der Waals surface area contributed by atoms with E-state index in [1.54, 1.807) is 13.0 Å². The molecule has 0 aliphatic heterocycles. The lowest BCUT2D eigenvalue weighted by Gasteiger charge is -2.23. The predicted molar refractivity (Wildman–Crippen MR) is 156 cm³/mol. The van der Waals surface area contributed by atoms with Gasteiger partial charge in [-0.3, -0.25) is 10.1 Å². The summed E-state index contributed by atoms with van der Waals surface area (Å²) in [6, 6.07) is 27.5. The number of ketones is 1. The van der Waals surface area contributed by atoms with Gasteiger partial charge in [-0.2, -0.15) is 4.31 Å². The number of aryl methyl sites for hydroxylation is 1. The maximum atomic E-state index is 13.8. The summed E-state index contributed by atoms with van der Waals surface area (Å²) in [5.41, 5.74) is 2.75. The highest BCUT2D eigenvalue weighted by atomic mass is 35.5. The SMILES string of the molecule is Cc1cc(S(=O)(=O)N(Cc2ccccc2)Cc2ccccc2)ccc1C(=O)COC(=O)Nc1ccc(Cl)c(Cl)c1. The summed E-state index contributed by atoms with van der Waals surface area (Å²) >= 11 is 11.8. The van der Waals surface area contributed by atoms with Crippen LogP contribution in [0.4, 0.5) is 10.5 Å². The standard InChI is InChI=1S/C30H26Cl2N2O5S/c1-21-16-25(13-14-26(21)29(35)20-39-30(36)33-24-12-15-27(31)28(32)17-24)40(37,38)34(18-22-8-4-2-5-9-22)19-23-10-6-3-7-11-23/h2-17H,18-20H2,1H3,(H,33,36). The van der Waals surface area contributed by atoms with Crippen molar-refractivity contribution < 1.29 is 22.7 Å². The monoisotopic (exact) mass is 596 g/mol. The van der Waals surface area contributed by atoms with Crippen molar-refractivity contribution in [3.8, 4) is 0 Å². The third-order valence-electron chi connectivity index (χ3n) is 6.04. The first-order chi connectivity index (χ1) is 19.1. The van der Waals surface area contributed by atoms with Crippen LogP contribution in [0.15, 0.2) is 102 Å². The van der Waals surface area contributed by atoms with Gasteiger partial charge in [0.2, 0.25) is 15.8 Å². The third-order valence-corrected chi connectivity index (χ3v) is 8.57. The molecule has 0 aromatic heterocycles. The predicted octanol–water partition coefficient (Wildman–Crippen LogP) is 7.12.